The van der Waals surface area contributed by atoms with Gasteiger partial charge >= 0.3 is 5.97 Å². The molecule has 1 unspecified atom stereocenters. The summed E-state index contributed by atoms with van der Waals surface area (Å²) in [4.78, 5) is 47.6. The third-order valence-electron chi connectivity index (χ3n) is 4.85. The molecule has 0 aliphatic carbocycles. The van der Waals surface area contributed by atoms with Gasteiger partial charge in [-0.15, -0.1) is 0 Å². The average Bonchev–Trinajstić information content (AvgIpc) is 3.28. The number of esters is 1. The van der Waals surface area contributed by atoms with Crippen molar-refractivity contribution >= 4 is 34.6 Å². The molecule has 1 fully saturated rings. The first-order chi connectivity index (χ1) is 14.8. The molecule has 162 valence electrons. The molecule has 31 heavy (non-hydrogen) atoms. The van der Waals surface area contributed by atoms with Crippen LogP contribution in [-0.2, 0) is 9.53 Å². The highest BCUT2D eigenvalue weighted by Gasteiger charge is 2.26. The molecule has 1 aliphatic rings. The molecule has 11 nitrogen and oxygen atoms in total. The average molecular weight is 428 g/mol. The predicted octanol–water partition coefficient (Wildman–Crippen LogP) is 3.29. The maximum absolute atomic E-state index is 12.4. The number of hydrogen-bond donors (Lipinski definition) is 1. The van der Waals surface area contributed by atoms with Gasteiger partial charge < -0.3 is 15.0 Å². The number of anilines is 2. The molecule has 11 heteroatoms. The Labute approximate surface area is 176 Å². The molecule has 1 amide bonds. The maximum atomic E-state index is 12.4. The number of nitro benzene ring substituents is 2. The number of amides is 1. The number of carbonyl (C=O) groups excluding carboxylic acids is 2. The summed E-state index contributed by atoms with van der Waals surface area (Å²) >= 11 is 0. The molecule has 2 aromatic carbocycles. The summed E-state index contributed by atoms with van der Waals surface area (Å²) < 4.78 is 5.14. The largest absolute Gasteiger partial charge is 0.449 e. The topological polar surface area (TPSA) is 145 Å². The predicted molar refractivity (Wildman–Crippen MR) is 111 cm³/mol. The van der Waals surface area contributed by atoms with E-state index in [0.717, 1.165) is 18.9 Å². The van der Waals surface area contributed by atoms with Crippen molar-refractivity contribution in [3.05, 3.63) is 68.3 Å². The second-order valence-electron chi connectivity index (χ2n) is 7.00. The van der Waals surface area contributed by atoms with E-state index in [1.807, 2.05) is 4.90 Å². The zero-order valence-electron chi connectivity index (χ0n) is 16.6. The van der Waals surface area contributed by atoms with Crippen LogP contribution in [-0.4, -0.2) is 40.9 Å². The minimum absolute atomic E-state index is 0.0374. The normalized spacial score (nSPS) is 14.0. The van der Waals surface area contributed by atoms with Crippen LogP contribution in [0, 0.1) is 20.2 Å². The van der Waals surface area contributed by atoms with Crippen molar-refractivity contribution in [2.45, 2.75) is 25.9 Å². The van der Waals surface area contributed by atoms with Crippen LogP contribution in [0.15, 0.2) is 42.5 Å². The number of non-ortho nitro benzene ring substituents is 1. The molecule has 1 N–H and O–H groups in total. The molecule has 0 radical (unpaired) electrons. The Morgan fingerprint density at radius 2 is 1.68 bits per heavy atom. The molecule has 0 bridgehead atoms. The third kappa shape index (κ3) is 5.13. The summed E-state index contributed by atoms with van der Waals surface area (Å²) in [7, 11) is 0. The second kappa shape index (κ2) is 9.20. The number of benzene rings is 2. The molecule has 0 saturated carbocycles. The number of hydrogen-bond acceptors (Lipinski definition) is 8. The van der Waals surface area contributed by atoms with E-state index in [4.69, 9.17) is 4.74 Å². The zero-order valence-corrected chi connectivity index (χ0v) is 16.6. The van der Waals surface area contributed by atoms with E-state index in [1.54, 1.807) is 0 Å². The number of nitro groups is 2. The van der Waals surface area contributed by atoms with Crippen LogP contribution in [0.25, 0.3) is 0 Å². The van der Waals surface area contributed by atoms with Crippen LogP contribution in [0.3, 0.4) is 0 Å². The second-order valence-corrected chi connectivity index (χ2v) is 7.00. The number of rotatable bonds is 7. The summed E-state index contributed by atoms with van der Waals surface area (Å²) in [5.41, 5.74) is 0.382. The van der Waals surface area contributed by atoms with Crippen LogP contribution < -0.4 is 10.2 Å². The maximum Gasteiger partial charge on any atom is 0.339 e. The SMILES string of the molecule is CC(OC(=O)c1ccc(N2CCCC2)c([N+](=O)[O-])c1)C(=O)Nc1ccc([N+](=O)[O-])cc1. The lowest BCUT2D eigenvalue weighted by Gasteiger charge is -2.18. The number of nitrogens with zero attached hydrogens (tertiary/aromatic N) is 3. The van der Waals surface area contributed by atoms with Gasteiger partial charge in [0, 0.05) is 37.0 Å². The van der Waals surface area contributed by atoms with Crippen molar-refractivity contribution in [1.82, 2.24) is 0 Å². The molecule has 1 atom stereocenters. The van der Waals surface area contributed by atoms with Gasteiger partial charge in [0.1, 0.15) is 5.69 Å². The standard InChI is InChI=1S/C20H20N4O7/c1-13(19(25)21-15-5-7-16(8-6-15)23(27)28)31-20(26)14-4-9-17(18(12-14)24(29)30)22-10-2-3-11-22/h4-9,12-13H,2-3,10-11H2,1H3,(H,21,25). The van der Waals surface area contributed by atoms with Crippen molar-refractivity contribution in [3.8, 4) is 0 Å². The first-order valence-corrected chi connectivity index (χ1v) is 9.56. The highest BCUT2D eigenvalue weighted by Crippen LogP contribution is 2.32. The fourth-order valence-electron chi connectivity index (χ4n) is 3.21. The summed E-state index contributed by atoms with van der Waals surface area (Å²) in [6.07, 6.45) is 0.699. The smallest absolute Gasteiger partial charge is 0.339 e. The summed E-state index contributed by atoms with van der Waals surface area (Å²) in [6.45, 7) is 2.78. The lowest BCUT2D eigenvalue weighted by molar-refractivity contribution is -0.384. The molecule has 1 aliphatic heterocycles. The van der Waals surface area contributed by atoms with Crippen molar-refractivity contribution in [2.24, 2.45) is 0 Å². The van der Waals surface area contributed by atoms with E-state index in [-0.39, 0.29) is 16.9 Å². The fraction of sp³-hybridized carbons (Fsp3) is 0.300. The highest BCUT2D eigenvalue weighted by atomic mass is 16.6. The van der Waals surface area contributed by atoms with E-state index in [0.29, 0.717) is 24.5 Å². The van der Waals surface area contributed by atoms with Crippen LogP contribution in [0.2, 0.25) is 0 Å². The molecule has 0 aromatic heterocycles. The Morgan fingerprint density at radius 1 is 1.03 bits per heavy atom. The molecule has 0 spiro atoms. The van der Waals surface area contributed by atoms with Gasteiger partial charge in [-0.2, -0.15) is 0 Å². The van der Waals surface area contributed by atoms with Gasteiger partial charge in [-0.1, -0.05) is 0 Å². The Hall–Kier alpha value is -4.02. The van der Waals surface area contributed by atoms with Crippen LogP contribution in [0.4, 0.5) is 22.7 Å². The van der Waals surface area contributed by atoms with Gasteiger partial charge in [0.25, 0.3) is 17.3 Å². The molecule has 3 rings (SSSR count). The molecule has 1 heterocycles. The minimum atomic E-state index is -1.19. The quantitative estimate of drug-likeness (QED) is 0.402. The molecular weight excluding hydrogens is 408 g/mol. The molecular formula is C20H20N4O7. The summed E-state index contributed by atoms with van der Waals surface area (Å²) in [5, 5.41) is 24.6. The Morgan fingerprint density at radius 3 is 2.26 bits per heavy atom. The lowest BCUT2D eigenvalue weighted by Crippen LogP contribution is -2.30. The Balaban J connectivity index is 1.67. The lowest BCUT2D eigenvalue weighted by atomic mass is 10.1. The fourth-order valence-corrected chi connectivity index (χ4v) is 3.21. The van der Waals surface area contributed by atoms with Gasteiger partial charge in [-0.3, -0.25) is 25.0 Å². The van der Waals surface area contributed by atoms with E-state index in [2.05, 4.69) is 5.32 Å². The third-order valence-corrected chi connectivity index (χ3v) is 4.85. The molecule has 1 saturated heterocycles. The van der Waals surface area contributed by atoms with E-state index in [1.165, 1.54) is 43.3 Å². The Bertz CT molecular complexity index is 1020. The van der Waals surface area contributed by atoms with E-state index in [9.17, 15) is 29.8 Å². The minimum Gasteiger partial charge on any atom is -0.449 e. The van der Waals surface area contributed by atoms with Crippen molar-refractivity contribution < 1.29 is 24.2 Å². The van der Waals surface area contributed by atoms with Crippen molar-refractivity contribution in [1.29, 1.82) is 0 Å². The molecule has 2 aromatic rings. The van der Waals surface area contributed by atoms with Gasteiger partial charge in [-0.25, -0.2) is 4.79 Å². The number of nitrogens with one attached hydrogen (secondary N) is 1. The van der Waals surface area contributed by atoms with E-state index < -0.39 is 27.8 Å². The number of ether oxygens (including phenoxy) is 1. The van der Waals surface area contributed by atoms with Gasteiger partial charge in [-0.05, 0) is 44.0 Å². The van der Waals surface area contributed by atoms with Gasteiger partial charge in [0.15, 0.2) is 6.10 Å². The first kappa shape index (κ1) is 21.7. The van der Waals surface area contributed by atoms with Crippen LogP contribution in [0.1, 0.15) is 30.1 Å². The van der Waals surface area contributed by atoms with Crippen molar-refractivity contribution in [2.75, 3.05) is 23.3 Å². The zero-order chi connectivity index (χ0) is 22.5. The monoisotopic (exact) mass is 428 g/mol. The van der Waals surface area contributed by atoms with Crippen LogP contribution in [0.5, 0.6) is 0 Å². The van der Waals surface area contributed by atoms with Gasteiger partial charge in [0.05, 0.1) is 15.4 Å². The summed E-state index contributed by atoms with van der Waals surface area (Å²) in [5.74, 6) is -1.52. The summed E-state index contributed by atoms with van der Waals surface area (Å²) in [6, 6.07) is 9.26. The van der Waals surface area contributed by atoms with Crippen LogP contribution >= 0.6 is 0 Å². The number of carbonyl (C=O) groups is 2. The first-order valence-electron chi connectivity index (χ1n) is 9.56. The highest BCUT2D eigenvalue weighted by molar-refractivity contribution is 5.98. The van der Waals surface area contributed by atoms with Crippen molar-refractivity contribution in [3.63, 3.8) is 0 Å². The Kier molecular flexibility index (Phi) is 6.43. The van der Waals surface area contributed by atoms with E-state index >= 15 is 0 Å². The van der Waals surface area contributed by atoms with Gasteiger partial charge in [0.2, 0.25) is 0 Å².